The van der Waals surface area contributed by atoms with Gasteiger partial charge in [0.1, 0.15) is 41.0 Å². The number of thiocarbonyl (C=S) groups is 1. The van der Waals surface area contributed by atoms with Gasteiger partial charge in [0.25, 0.3) is 0 Å². The Balaban J connectivity index is 0.000000200. The minimum Gasteiger partial charge on any atom is -0.492 e. The van der Waals surface area contributed by atoms with Crippen molar-refractivity contribution in [1.82, 2.24) is 15.2 Å². The molecule has 5 aromatic rings. The van der Waals surface area contributed by atoms with Crippen LogP contribution in [0.3, 0.4) is 0 Å². The number of amides is 1. The number of nitrogens with zero attached hydrogens (tertiary/aromatic N) is 3. The Kier molecular flexibility index (Phi) is 19.5. The van der Waals surface area contributed by atoms with Crippen molar-refractivity contribution in [1.29, 1.82) is 0 Å². The van der Waals surface area contributed by atoms with Gasteiger partial charge in [0.2, 0.25) is 19.4 Å². The molecule has 2 aliphatic rings. The van der Waals surface area contributed by atoms with E-state index < -0.39 is 5.60 Å². The van der Waals surface area contributed by atoms with E-state index >= 15 is 0 Å². The van der Waals surface area contributed by atoms with E-state index in [2.05, 4.69) is 55.7 Å². The fraction of sp³-hybridized carbons (Fsp3) is 0.319. The minimum absolute atomic E-state index is 0.0401. The Hall–Kier alpha value is -6.28. The number of nitrogen functional groups attached to an aromatic ring is 1. The lowest BCUT2D eigenvalue weighted by Crippen LogP contribution is -2.38. The number of ketones is 2. The molecule has 0 saturated carbocycles. The van der Waals surface area contributed by atoms with E-state index in [9.17, 15) is 14.4 Å². The zero-order chi connectivity index (χ0) is 47.5. The number of carbonyl (C=O) groups excluding carboxylic acids is 3. The van der Waals surface area contributed by atoms with E-state index in [4.69, 9.17) is 38.9 Å². The molecule has 0 spiro atoms. The van der Waals surface area contributed by atoms with E-state index in [0.717, 1.165) is 36.0 Å². The lowest BCUT2D eigenvalue weighted by atomic mass is 10.1. The largest absolute Gasteiger partial charge is 0.492 e. The van der Waals surface area contributed by atoms with Crippen LogP contribution in [0.1, 0.15) is 60.2 Å². The highest BCUT2D eigenvalue weighted by Crippen LogP contribution is 2.36. The second-order valence-corrected chi connectivity index (χ2v) is 16.8. The third kappa shape index (κ3) is 15.7. The van der Waals surface area contributed by atoms with Crippen LogP contribution in [0.5, 0.6) is 34.5 Å². The topological polar surface area (TPSA) is 194 Å². The molecular weight excluding hydrogens is 953 g/mol. The molecule has 0 atom stereocenters. The molecule has 1 amide bonds. The standard InChI is InChI=1S/C21H22N4O4S.C17H24N2O3S.C9H7BrO3/c1-2-23-9-10-27-15-6-4-14(5-7-15)24-21-25-20(22)19(30-21)18(26)13-3-8-16-17(11-13)29-12-28-16;1-5-19(16(20)22-17(2,3)4)11-12-21-15-8-6-14(7-9-15)18-10-13-23;10-4-7(11)6-1-2-8-9(3-6)13-5-12-8/h3-8,11,23H,2,9-10,12,22H2,1H3,(H,24,25);6-10,13H,5,11-12H2,1-4H3;1-3H,4-5H2. The maximum atomic E-state index is 12.9. The molecule has 0 radical (unpaired) electrons. The highest BCUT2D eigenvalue weighted by Gasteiger charge is 2.23. The molecule has 7 rings (SSSR count). The number of aromatic nitrogens is 1. The smallest absolute Gasteiger partial charge is 0.410 e. The minimum atomic E-state index is -0.496. The Bertz CT molecular complexity index is 2430. The number of benzene rings is 4. The summed E-state index contributed by atoms with van der Waals surface area (Å²) in [5, 5.41) is 8.71. The fourth-order valence-electron chi connectivity index (χ4n) is 5.76. The lowest BCUT2D eigenvalue weighted by molar-refractivity contribution is 0.0237. The number of ether oxygens (including phenoxy) is 7. The van der Waals surface area contributed by atoms with Crippen LogP contribution in [0, 0.1) is 0 Å². The number of fused-ring (bicyclic) bond motifs is 2. The van der Waals surface area contributed by atoms with Gasteiger partial charge in [-0.15, -0.1) is 0 Å². The van der Waals surface area contributed by atoms with Crippen LogP contribution < -0.4 is 44.8 Å². The number of thiazole rings is 1. The van der Waals surface area contributed by atoms with Crippen molar-refractivity contribution in [2.75, 3.05) is 69.4 Å². The van der Waals surface area contributed by atoms with Crippen molar-refractivity contribution < 1.29 is 47.5 Å². The van der Waals surface area contributed by atoms with Gasteiger partial charge in [-0.3, -0.25) is 14.6 Å². The van der Waals surface area contributed by atoms with E-state index in [1.54, 1.807) is 47.5 Å². The first-order chi connectivity index (χ1) is 31.8. The number of halogens is 1. The average molecular weight is 1010 g/mol. The van der Waals surface area contributed by atoms with Crippen molar-refractivity contribution in [2.45, 2.75) is 40.2 Å². The molecular formula is C47H53BrN6O10S2. The summed E-state index contributed by atoms with van der Waals surface area (Å²) in [6.07, 6.45) is 1.24. The van der Waals surface area contributed by atoms with Gasteiger partial charge in [-0.2, -0.15) is 0 Å². The normalized spacial score (nSPS) is 12.0. The monoisotopic (exact) mass is 1000 g/mol. The van der Waals surface area contributed by atoms with Gasteiger partial charge in [0, 0.05) is 41.5 Å². The zero-order valence-electron chi connectivity index (χ0n) is 37.3. The molecule has 1 aromatic heterocycles. The van der Waals surface area contributed by atoms with Gasteiger partial charge in [-0.1, -0.05) is 46.4 Å². The maximum Gasteiger partial charge on any atom is 0.410 e. The summed E-state index contributed by atoms with van der Waals surface area (Å²) in [6.45, 7) is 13.7. The number of anilines is 3. The molecule has 0 unspecified atom stereocenters. The van der Waals surface area contributed by atoms with Gasteiger partial charge < -0.3 is 54.4 Å². The highest BCUT2D eigenvalue weighted by molar-refractivity contribution is 9.09. The third-order valence-corrected chi connectivity index (χ3v) is 10.6. The Labute approximate surface area is 401 Å². The van der Waals surface area contributed by atoms with Crippen LogP contribution in [0.2, 0.25) is 0 Å². The first kappa shape index (κ1) is 50.7. The summed E-state index contributed by atoms with van der Waals surface area (Å²) in [7, 11) is 0. The Morgan fingerprint density at radius 3 is 2.05 bits per heavy atom. The number of nitrogens with two attached hydrogens (primary N) is 1. The van der Waals surface area contributed by atoms with E-state index in [1.165, 1.54) is 16.7 Å². The Morgan fingerprint density at radius 1 is 0.864 bits per heavy atom. The van der Waals surface area contributed by atoms with Crippen molar-refractivity contribution in [3.63, 3.8) is 0 Å². The van der Waals surface area contributed by atoms with E-state index in [1.807, 2.05) is 76.2 Å². The summed E-state index contributed by atoms with van der Waals surface area (Å²) in [6, 6.07) is 25.1. The van der Waals surface area contributed by atoms with Crippen LogP contribution >= 0.6 is 39.5 Å². The van der Waals surface area contributed by atoms with Crippen molar-refractivity contribution in [3.8, 4) is 34.5 Å². The van der Waals surface area contributed by atoms with Crippen LogP contribution in [-0.4, -0.2) is 103 Å². The third-order valence-electron chi connectivity index (χ3n) is 9.00. The van der Waals surface area contributed by atoms with Crippen molar-refractivity contribution in [2.24, 2.45) is 4.99 Å². The first-order valence-corrected chi connectivity index (χ1v) is 23.3. The molecule has 4 aromatic carbocycles. The van der Waals surface area contributed by atoms with Crippen molar-refractivity contribution >= 4 is 91.1 Å². The quantitative estimate of drug-likeness (QED) is 0.0247. The number of rotatable bonds is 18. The molecule has 19 heteroatoms. The second kappa shape index (κ2) is 25.4. The number of alkyl halides is 1. The van der Waals surface area contributed by atoms with E-state index in [0.29, 0.717) is 75.8 Å². The fourth-order valence-corrected chi connectivity index (χ4v) is 7.02. The molecule has 0 bridgehead atoms. The summed E-state index contributed by atoms with van der Waals surface area (Å²) in [5.74, 6) is 4.06. The molecule has 2 aliphatic heterocycles. The molecule has 3 heterocycles. The maximum absolute atomic E-state index is 12.9. The summed E-state index contributed by atoms with van der Waals surface area (Å²) < 4.78 is 37.6. The molecule has 0 fully saturated rings. The predicted molar refractivity (Wildman–Crippen MR) is 264 cm³/mol. The number of likely N-dealkylation sites (N-methyl/N-ethyl adjacent to an activating group) is 2. The average Bonchev–Trinajstić information content (AvgIpc) is 4.08. The summed E-state index contributed by atoms with van der Waals surface area (Å²) >= 11 is 9.00. The van der Waals surface area contributed by atoms with Gasteiger partial charge in [-0.05, 0) is 119 Å². The lowest BCUT2D eigenvalue weighted by Gasteiger charge is -2.26. The van der Waals surface area contributed by atoms with Crippen LogP contribution in [0.4, 0.5) is 27.1 Å². The number of Topliss-reactive ketones (excluding diaryl/α,β-unsaturated/α-hetero) is 1. The number of carbonyl (C=O) groups is 3. The molecule has 0 saturated heterocycles. The molecule has 0 aliphatic carbocycles. The van der Waals surface area contributed by atoms with Crippen molar-refractivity contribution in [3.05, 3.63) is 101 Å². The van der Waals surface area contributed by atoms with Gasteiger partial charge in [0.05, 0.1) is 17.6 Å². The Morgan fingerprint density at radius 2 is 1.45 bits per heavy atom. The highest BCUT2D eigenvalue weighted by atomic mass is 79.9. The summed E-state index contributed by atoms with van der Waals surface area (Å²) in [5.41, 5.74) is 8.25. The molecule has 66 heavy (non-hydrogen) atoms. The van der Waals surface area contributed by atoms with Gasteiger partial charge >= 0.3 is 6.09 Å². The number of hydrogen-bond donors (Lipinski definition) is 3. The molecule has 4 N–H and O–H groups in total. The van der Waals surface area contributed by atoms with E-state index in [-0.39, 0.29) is 37.1 Å². The predicted octanol–water partition coefficient (Wildman–Crippen LogP) is 9.43. The number of hydrogen-bond acceptors (Lipinski definition) is 17. The SMILES string of the molecule is CCN(CCOc1ccc(N=CC=S)cc1)C(=O)OC(C)(C)C.CCNCCOc1ccc(Nc2nc(N)c(C(=O)c3ccc4c(c3)OCO4)s2)cc1.O=C(CBr)c1ccc2c(c1)OCO2. The van der Waals surface area contributed by atoms with Gasteiger partial charge in [0.15, 0.2) is 33.9 Å². The summed E-state index contributed by atoms with van der Waals surface area (Å²) in [4.78, 5) is 46.5. The van der Waals surface area contributed by atoms with Crippen LogP contribution in [0.15, 0.2) is 89.9 Å². The number of aliphatic imine (C=N–C) groups is 1. The second-order valence-electron chi connectivity index (χ2n) is 14.9. The molecule has 350 valence electrons. The molecule has 16 nitrogen and oxygen atoms in total. The first-order valence-electron chi connectivity index (χ1n) is 20.9. The van der Waals surface area contributed by atoms with Crippen LogP contribution in [0.25, 0.3) is 0 Å². The number of nitrogens with one attached hydrogen (secondary N) is 2. The zero-order valence-corrected chi connectivity index (χ0v) is 40.5. The van der Waals surface area contributed by atoms with Crippen LogP contribution in [-0.2, 0) is 4.74 Å². The van der Waals surface area contributed by atoms with Gasteiger partial charge in [-0.25, -0.2) is 9.78 Å².